The lowest BCUT2D eigenvalue weighted by atomic mass is 9.99. The average Bonchev–Trinajstić information content (AvgIpc) is 3.03. The molecule has 2 atom stereocenters. The highest BCUT2D eigenvalue weighted by Crippen LogP contribution is 2.38. The van der Waals surface area contributed by atoms with Gasteiger partial charge in [-0.3, -0.25) is 0 Å². The first kappa shape index (κ1) is 13.9. The van der Waals surface area contributed by atoms with Crippen LogP contribution in [0.1, 0.15) is 24.4 Å². The predicted molar refractivity (Wildman–Crippen MR) is 67.0 cm³/mol. The van der Waals surface area contributed by atoms with Crippen LogP contribution < -0.4 is 5.73 Å². The van der Waals surface area contributed by atoms with Gasteiger partial charge in [-0.25, -0.2) is 4.39 Å². The first-order valence-electron chi connectivity index (χ1n) is 4.99. The molecule has 0 radical (unpaired) electrons. The van der Waals surface area contributed by atoms with Crippen molar-refractivity contribution in [1.29, 1.82) is 0 Å². The molecule has 0 amide bonds. The Labute approximate surface area is 109 Å². The van der Waals surface area contributed by atoms with E-state index in [1.165, 1.54) is 0 Å². The molecule has 1 saturated carbocycles. The van der Waals surface area contributed by atoms with Gasteiger partial charge in [0.05, 0.1) is 16.6 Å². The molecule has 1 aliphatic rings. The summed E-state index contributed by atoms with van der Waals surface area (Å²) >= 11 is 3.10. The van der Waals surface area contributed by atoms with Crippen LogP contribution in [0.4, 0.5) is 4.39 Å². The van der Waals surface area contributed by atoms with Gasteiger partial charge in [-0.05, 0) is 40.8 Å². The van der Waals surface area contributed by atoms with Crippen LogP contribution >= 0.6 is 28.3 Å². The zero-order chi connectivity index (χ0) is 11.0. The van der Waals surface area contributed by atoms with Gasteiger partial charge in [-0.1, -0.05) is 12.1 Å². The standard InChI is InChI=1S/C11H13BrFNO.ClH/c12-8-3-1-2-7(9(8)13)10(14)11(15)6-4-5-6;/h1-3,6,10-11,15H,4-5,14H2;1H/t10-,11+;/m1./s1. The molecular formula is C11H14BrClFNO. The van der Waals surface area contributed by atoms with Crippen LogP contribution in [0.2, 0.25) is 0 Å². The molecule has 2 rings (SSSR count). The zero-order valence-electron chi connectivity index (χ0n) is 8.57. The molecule has 1 aromatic carbocycles. The fourth-order valence-electron chi connectivity index (χ4n) is 1.69. The van der Waals surface area contributed by atoms with E-state index < -0.39 is 12.1 Å². The van der Waals surface area contributed by atoms with Crippen molar-refractivity contribution in [3.05, 3.63) is 34.1 Å². The van der Waals surface area contributed by atoms with Crippen LogP contribution in [0.3, 0.4) is 0 Å². The van der Waals surface area contributed by atoms with E-state index in [4.69, 9.17) is 5.73 Å². The second kappa shape index (κ2) is 5.45. The Kier molecular flexibility index (Phi) is 4.73. The summed E-state index contributed by atoms with van der Waals surface area (Å²) in [4.78, 5) is 0. The monoisotopic (exact) mass is 309 g/mol. The molecule has 0 saturated heterocycles. The summed E-state index contributed by atoms with van der Waals surface area (Å²) in [5.41, 5.74) is 6.22. The number of aliphatic hydroxyl groups is 1. The molecule has 0 unspecified atom stereocenters. The largest absolute Gasteiger partial charge is 0.391 e. The third kappa shape index (κ3) is 2.74. The highest BCUT2D eigenvalue weighted by atomic mass is 79.9. The second-order valence-corrected chi connectivity index (χ2v) is 4.85. The van der Waals surface area contributed by atoms with Gasteiger partial charge in [0.2, 0.25) is 0 Å². The van der Waals surface area contributed by atoms with E-state index in [0.717, 1.165) is 12.8 Å². The summed E-state index contributed by atoms with van der Waals surface area (Å²) in [5, 5.41) is 9.82. The van der Waals surface area contributed by atoms with Gasteiger partial charge in [0.15, 0.2) is 0 Å². The number of halogens is 3. The number of rotatable bonds is 3. The van der Waals surface area contributed by atoms with Crippen LogP contribution in [0.5, 0.6) is 0 Å². The molecule has 90 valence electrons. The maximum atomic E-state index is 13.7. The zero-order valence-corrected chi connectivity index (χ0v) is 11.0. The third-order valence-electron chi connectivity index (χ3n) is 2.81. The van der Waals surface area contributed by atoms with E-state index in [0.29, 0.717) is 10.0 Å². The summed E-state index contributed by atoms with van der Waals surface area (Å²) in [6, 6.07) is 4.34. The van der Waals surface area contributed by atoms with Crippen molar-refractivity contribution in [2.45, 2.75) is 25.0 Å². The molecule has 5 heteroatoms. The highest BCUT2D eigenvalue weighted by molar-refractivity contribution is 9.10. The van der Waals surface area contributed by atoms with E-state index in [1.54, 1.807) is 18.2 Å². The van der Waals surface area contributed by atoms with Gasteiger partial charge in [-0.15, -0.1) is 12.4 Å². The van der Waals surface area contributed by atoms with Gasteiger partial charge >= 0.3 is 0 Å². The Hall–Kier alpha value is -0.160. The van der Waals surface area contributed by atoms with Gasteiger partial charge in [-0.2, -0.15) is 0 Å². The van der Waals surface area contributed by atoms with Crippen molar-refractivity contribution in [1.82, 2.24) is 0 Å². The van der Waals surface area contributed by atoms with Gasteiger partial charge in [0.1, 0.15) is 5.82 Å². The first-order valence-corrected chi connectivity index (χ1v) is 5.78. The van der Waals surface area contributed by atoms with Crippen molar-refractivity contribution in [3.8, 4) is 0 Å². The highest BCUT2D eigenvalue weighted by Gasteiger charge is 2.35. The van der Waals surface area contributed by atoms with Crippen molar-refractivity contribution in [2.24, 2.45) is 11.7 Å². The van der Waals surface area contributed by atoms with E-state index in [2.05, 4.69) is 15.9 Å². The molecule has 0 aromatic heterocycles. The normalized spacial score (nSPS) is 18.8. The molecule has 3 N–H and O–H groups in total. The summed E-state index contributed by atoms with van der Waals surface area (Å²) in [7, 11) is 0. The van der Waals surface area contributed by atoms with Crippen molar-refractivity contribution >= 4 is 28.3 Å². The number of hydrogen-bond acceptors (Lipinski definition) is 2. The molecule has 2 nitrogen and oxygen atoms in total. The molecule has 1 fully saturated rings. The quantitative estimate of drug-likeness (QED) is 0.902. The first-order chi connectivity index (χ1) is 7.11. The van der Waals surface area contributed by atoms with Crippen molar-refractivity contribution in [3.63, 3.8) is 0 Å². The Morgan fingerprint density at radius 1 is 1.44 bits per heavy atom. The summed E-state index contributed by atoms with van der Waals surface area (Å²) in [6.45, 7) is 0. The predicted octanol–water partition coefficient (Wildman–Crippen LogP) is 2.78. The summed E-state index contributed by atoms with van der Waals surface area (Å²) in [6.07, 6.45) is 1.35. The van der Waals surface area contributed by atoms with Crippen LogP contribution in [-0.4, -0.2) is 11.2 Å². The average molecular weight is 311 g/mol. The molecule has 1 aromatic rings. The number of benzene rings is 1. The van der Waals surface area contributed by atoms with E-state index in [9.17, 15) is 9.50 Å². The SMILES string of the molecule is Cl.N[C@H](c1cccc(Br)c1F)[C@@H](O)C1CC1. The minimum absolute atomic E-state index is 0. The van der Waals surface area contributed by atoms with Gasteiger partial charge in [0.25, 0.3) is 0 Å². The number of aliphatic hydroxyl groups excluding tert-OH is 1. The summed E-state index contributed by atoms with van der Waals surface area (Å²) < 4.78 is 14.0. The molecule has 0 spiro atoms. The molecule has 0 heterocycles. The van der Waals surface area contributed by atoms with E-state index >= 15 is 0 Å². The molecular weight excluding hydrogens is 296 g/mol. The fraction of sp³-hybridized carbons (Fsp3) is 0.455. The van der Waals surface area contributed by atoms with Crippen LogP contribution in [0, 0.1) is 11.7 Å². The minimum atomic E-state index is -0.631. The van der Waals surface area contributed by atoms with Crippen LogP contribution in [-0.2, 0) is 0 Å². The number of nitrogens with two attached hydrogens (primary N) is 1. The second-order valence-electron chi connectivity index (χ2n) is 4.00. The van der Waals surface area contributed by atoms with Crippen LogP contribution in [0.25, 0.3) is 0 Å². The lowest BCUT2D eigenvalue weighted by Gasteiger charge is -2.19. The molecule has 0 aliphatic heterocycles. The Bertz CT molecular complexity index is 373. The Morgan fingerprint density at radius 3 is 2.62 bits per heavy atom. The maximum absolute atomic E-state index is 13.7. The topological polar surface area (TPSA) is 46.2 Å². The lowest BCUT2D eigenvalue weighted by Crippen LogP contribution is -2.28. The molecule has 0 bridgehead atoms. The lowest BCUT2D eigenvalue weighted by molar-refractivity contribution is 0.121. The molecule has 16 heavy (non-hydrogen) atoms. The van der Waals surface area contributed by atoms with Crippen molar-refractivity contribution in [2.75, 3.05) is 0 Å². The molecule has 1 aliphatic carbocycles. The fourth-order valence-corrected chi connectivity index (χ4v) is 2.07. The van der Waals surface area contributed by atoms with E-state index in [-0.39, 0.29) is 24.1 Å². The van der Waals surface area contributed by atoms with E-state index in [1.807, 2.05) is 0 Å². The van der Waals surface area contributed by atoms with Gasteiger partial charge in [0, 0.05) is 5.56 Å². The Balaban J connectivity index is 0.00000128. The van der Waals surface area contributed by atoms with Gasteiger partial charge < -0.3 is 10.8 Å². The Morgan fingerprint density at radius 2 is 2.06 bits per heavy atom. The summed E-state index contributed by atoms with van der Waals surface area (Å²) in [5.74, 6) is -0.122. The smallest absolute Gasteiger partial charge is 0.142 e. The minimum Gasteiger partial charge on any atom is -0.391 e. The maximum Gasteiger partial charge on any atom is 0.142 e. The number of hydrogen-bond donors (Lipinski definition) is 2. The van der Waals surface area contributed by atoms with Crippen molar-refractivity contribution < 1.29 is 9.50 Å². The van der Waals surface area contributed by atoms with Crippen LogP contribution in [0.15, 0.2) is 22.7 Å². The third-order valence-corrected chi connectivity index (χ3v) is 3.43.